The first-order valence-corrected chi connectivity index (χ1v) is 8.36. The predicted molar refractivity (Wildman–Crippen MR) is 85.5 cm³/mol. The Bertz CT molecular complexity index is 426. The maximum atomic E-state index is 12.2. The van der Waals surface area contributed by atoms with Crippen LogP contribution < -0.4 is 0 Å². The molecule has 0 amide bonds. The van der Waals surface area contributed by atoms with Gasteiger partial charge in [-0.3, -0.25) is 9.59 Å². The van der Waals surface area contributed by atoms with E-state index in [-0.39, 0.29) is 26.5 Å². The van der Waals surface area contributed by atoms with Gasteiger partial charge in [0.1, 0.15) is 0 Å². The van der Waals surface area contributed by atoms with E-state index in [1.54, 1.807) is 32.6 Å². The lowest BCUT2D eigenvalue weighted by atomic mass is 9.88. The monoisotopic (exact) mass is 296 g/mol. The van der Waals surface area contributed by atoms with Gasteiger partial charge in [-0.05, 0) is 13.6 Å². The van der Waals surface area contributed by atoms with Gasteiger partial charge in [-0.15, -0.1) is 0 Å². The van der Waals surface area contributed by atoms with Crippen molar-refractivity contribution in [1.29, 1.82) is 0 Å². The van der Waals surface area contributed by atoms with E-state index < -0.39 is 5.92 Å². The summed E-state index contributed by atoms with van der Waals surface area (Å²) < 4.78 is 4.97. The Morgan fingerprint density at radius 2 is 1.55 bits per heavy atom. The Hall–Kier alpha value is -1.21. The molecule has 0 aliphatic carbocycles. The van der Waals surface area contributed by atoms with Crippen molar-refractivity contribution in [3.8, 4) is 0 Å². The smallest absolute Gasteiger partial charge is 0.311 e. The molecule has 0 saturated heterocycles. The lowest BCUT2D eigenvalue weighted by Gasteiger charge is -2.17. The number of ketones is 1. The fourth-order valence-corrected chi connectivity index (χ4v) is 1.99. The molecule has 112 valence electrons. The summed E-state index contributed by atoms with van der Waals surface area (Å²) in [5, 5.41) is 0. The molecule has 0 aliphatic heterocycles. The highest BCUT2D eigenvalue weighted by Crippen LogP contribution is 2.21. The second-order valence-electron chi connectivity index (χ2n) is 4.43. The van der Waals surface area contributed by atoms with E-state index in [2.05, 4.69) is 0 Å². The van der Waals surface area contributed by atoms with Crippen molar-refractivity contribution < 1.29 is 14.1 Å². The number of carbonyl (C=O) groups is 2. The Kier molecular flexibility index (Phi) is 9.07. The van der Waals surface area contributed by atoms with Crippen LogP contribution >= 0.6 is 8.81 Å². The average Bonchev–Trinajstić information content (AvgIpc) is 2.48. The van der Waals surface area contributed by atoms with Crippen LogP contribution in [0.4, 0.5) is 0 Å². The third kappa shape index (κ3) is 5.42. The van der Waals surface area contributed by atoms with E-state index >= 15 is 0 Å². The fraction of sp³-hybridized carbons (Fsp3) is 0.500. The quantitative estimate of drug-likeness (QED) is 0.603. The Balaban J connectivity index is 0.00000172. The standard InChI is InChI=1S/C14H19O3P.C2H6/c1-9-5-7-12(8-6-9)13(15)10(2)11(3)14(16)17-18-4;1-2/h5-8,10-11,18H,1-4H3;1-2H3. The van der Waals surface area contributed by atoms with Gasteiger partial charge in [0.05, 0.1) is 14.7 Å². The van der Waals surface area contributed by atoms with Gasteiger partial charge in [-0.2, -0.15) is 0 Å². The summed E-state index contributed by atoms with van der Waals surface area (Å²) in [6.45, 7) is 11.3. The maximum Gasteiger partial charge on any atom is 0.311 e. The van der Waals surface area contributed by atoms with Crippen LogP contribution in [0.5, 0.6) is 0 Å². The van der Waals surface area contributed by atoms with Gasteiger partial charge in [-0.1, -0.05) is 57.5 Å². The van der Waals surface area contributed by atoms with Gasteiger partial charge < -0.3 is 4.52 Å². The molecular weight excluding hydrogens is 271 g/mol. The van der Waals surface area contributed by atoms with Gasteiger partial charge in [0, 0.05) is 11.5 Å². The molecule has 0 aromatic heterocycles. The van der Waals surface area contributed by atoms with E-state index in [4.69, 9.17) is 4.52 Å². The van der Waals surface area contributed by atoms with Crippen LogP contribution in [0.15, 0.2) is 24.3 Å². The molecular formula is C16H25O3P. The van der Waals surface area contributed by atoms with Gasteiger partial charge in [0.15, 0.2) is 5.78 Å². The molecule has 1 rings (SSSR count). The summed E-state index contributed by atoms with van der Waals surface area (Å²) >= 11 is 0. The second-order valence-corrected chi connectivity index (χ2v) is 5.05. The molecule has 20 heavy (non-hydrogen) atoms. The summed E-state index contributed by atoms with van der Waals surface area (Å²) in [6.07, 6.45) is 0. The average molecular weight is 296 g/mol. The first kappa shape index (κ1) is 18.8. The SMILES string of the molecule is CC.CPOC(=O)C(C)C(C)C(=O)c1ccc(C)cc1. The minimum absolute atomic E-state index is 0.0149. The molecule has 0 saturated carbocycles. The van der Waals surface area contributed by atoms with Crippen LogP contribution in [-0.4, -0.2) is 18.4 Å². The highest BCUT2D eigenvalue weighted by atomic mass is 31.1. The molecule has 0 fully saturated rings. The van der Waals surface area contributed by atoms with Gasteiger partial charge >= 0.3 is 5.97 Å². The molecule has 1 aromatic rings. The number of aryl methyl sites for hydroxylation is 1. The lowest BCUT2D eigenvalue weighted by molar-refractivity contribution is -0.138. The Morgan fingerprint density at radius 1 is 1.05 bits per heavy atom. The van der Waals surface area contributed by atoms with Gasteiger partial charge in [0.2, 0.25) is 0 Å². The second kappa shape index (κ2) is 9.66. The van der Waals surface area contributed by atoms with Crippen molar-refractivity contribution in [3.63, 3.8) is 0 Å². The van der Waals surface area contributed by atoms with Gasteiger partial charge in [0.25, 0.3) is 0 Å². The third-order valence-electron chi connectivity index (χ3n) is 3.07. The molecule has 0 aliphatic rings. The van der Waals surface area contributed by atoms with Crippen LogP contribution in [0.3, 0.4) is 0 Å². The minimum atomic E-state index is -0.411. The highest BCUT2D eigenvalue weighted by Gasteiger charge is 2.27. The largest absolute Gasteiger partial charge is 0.448 e. The number of carbonyl (C=O) groups excluding carboxylic acids is 2. The zero-order valence-electron chi connectivity index (χ0n) is 13.2. The molecule has 0 radical (unpaired) electrons. The third-order valence-corrected chi connectivity index (χ3v) is 3.48. The summed E-state index contributed by atoms with van der Waals surface area (Å²) in [5.74, 6) is -1.09. The van der Waals surface area contributed by atoms with Crippen molar-refractivity contribution in [2.24, 2.45) is 11.8 Å². The van der Waals surface area contributed by atoms with Crippen molar-refractivity contribution in [2.45, 2.75) is 34.6 Å². The van der Waals surface area contributed by atoms with E-state index in [0.29, 0.717) is 5.56 Å². The number of benzene rings is 1. The van der Waals surface area contributed by atoms with Crippen molar-refractivity contribution in [3.05, 3.63) is 35.4 Å². The number of rotatable bonds is 5. The van der Waals surface area contributed by atoms with E-state index in [1.807, 2.05) is 32.9 Å². The number of hydrogen-bond acceptors (Lipinski definition) is 3. The van der Waals surface area contributed by atoms with E-state index in [0.717, 1.165) is 5.56 Å². The lowest BCUT2D eigenvalue weighted by Crippen LogP contribution is -2.26. The van der Waals surface area contributed by atoms with Gasteiger partial charge in [-0.25, -0.2) is 0 Å². The molecule has 3 atom stereocenters. The zero-order valence-corrected chi connectivity index (χ0v) is 14.2. The predicted octanol–water partition coefficient (Wildman–Crippen LogP) is 4.24. The molecule has 0 heterocycles. The van der Waals surface area contributed by atoms with E-state index in [1.165, 1.54) is 0 Å². The summed E-state index contributed by atoms with van der Waals surface area (Å²) in [5.41, 5.74) is 1.76. The Morgan fingerprint density at radius 3 is 2.00 bits per heavy atom. The minimum Gasteiger partial charge on any atom is -0.448 e. The summed E-state index contributed by atoms with van der Waals surface area (Å²) in [6, 6.07) is 7.40. The number of Topliss-reactive ketones (excluding diaryl/α,β-unsaturated/α-hetero) is 1. The van der Waals surface area contributed by atoms with Crippen molar-refractivity contribution >= 4 is 20.6 Å². The molecule has 3 unspecified atom stereocenters. The highest BCUT2D eigenvalue weighted by molar-refractivity contribution is 7.31. The molecule has 4 heteroatoms. The van der Waals surface area contributed by atoms with Crippen LogP contribution in [0.2, 0.25) is 0 Å². The van der Waals surface area contributed by atoms with Crippen LogP contribution in [-0.2, 0) is 9.32 Å². The molecule has 3 nitrogen and oxygen atoms in total. The van der Waals surface area contributed by atoms with Crippen molar-refractivity contribution in [1.82, 2.24) is 0 Å². The topological polar surface area (TPSA) is 43.4 Å². The Labute approximate surface area is 124 Å². The summed E-state index contributed by atoms with van der Waals surface area (Å²) in [4.78, 5) is 23.8. The first-order chi connectivity index (χ1) is 9.47. The fourth-order valence-electron chi connectivity index (χ4n) is 1.61. The van der Waals surface area contributed by atoms with Crippen LogP contribution in [0, 0.1) is 18.8 Å². The molecule has 0 bridgehead atoms. The van der Waals surface area contributed by atoms with Crippen LogP contribution in [0.1, 0.15) is 43.6 Å². The maximum absolute atomic E-state index is 12.2. The first-order valence-electron chi connectivity index (χ1n) is 6.95. The van der Waals surface area contributed by atoms with Crippen molar-refractivity contribution in [2.75, 3.05) is 6.66 Å². The molecule has 0 N–H and O–H groups in total. The normalized spacial score (nSPS) is 13.3. The number of hydrogen-bond donors (Lipinski definition) is 0. The zero-order chi connectivity index (χ0) is 15.7. The molecule has 1 aromatic carbocycles. The van der Waals surface area contributed by atoms with Crippen LogP contribution in [0.25, 0.3) is 0 Å². The summed E-state index contributed by atoms with van der Waals surface area (Å²) in [7, 11) is 0.121. The molecule has 0 spiro atoms. The van der Waals surface area contributed by atoms with E-state index in [9.17, 15) is 9.59 Å².